The van der Waals surface area contributed by atoms with Crippen molar-refractivity contribution in [2.75, 3.05) is 6.54 Å². The average molecular weight is 309 g/mol. The molecule has 0 aliphatic heterocycles. The number of nitrogens with zero attached hydrogens (tertiary/aromatic N) is 2. The van der Waals surface area contributed by atoms with Gasteiger partial charge in [-0.25, -0.2) is 4.68 Å². The summed E-state index contributed by atoms with van der Waals surface area (Å²) in [4.78, 5) is 24.5. The topological polar surface area (TPSA) is 84.2 Å². The molecule has 0 radical (unpaired) electrons. The van der Waals surface area contributed by atoms with Gasteiger partial charge < -0.3 is 10.4 Å². The first-order valence-corrected chi connectivity index (χ1v) is 7.49. The molecule has 1 unspecified atom stereocenters. The summed E-state index contributed by atoms with van der Waals surface area (Å²) in [6, 6.07) is 0. The van der Waals surface area contributed by atoms with Gasteiger partial charge in [0.1, 0.15) is 5.56 Å². The van der Waals surface area contributed by atoms with Crippen LogP contribution in [0.4, 0.5) is 0 Å². The zero-order chi connectivity index (χ0) is 17.2. The highest BCUT2D eigenvalue weighted by Gasteiger charge is 2.31. The molecule has 0 aromatic carbocycles. The number of carbonyl (C=O) groups excluding carboxylic acids is 1. The van der Waals surface area contributed by atoms with Crippen LogP contribution in [0.5, 0.6) is 0 Å². The Hall–Kier alpha value is -1.69. The van der Waals surface area contributed by atoms with Crippen LogP contribution in [-0.2, 0) is 7.05 Å². The van der Waals surface area contributed by atoms with Crippen molar-refractivity contribution >= 4 is 5.91 Å². The van der Waals surface area contributed by atoms with Gasteiger partial charge in [0, 0.05) is 19.0 Å². The van der Waals surface area contributed by atoms with Gasteiger partial charge in [-0.2, -0.15) is 5.10 Å². The van der Waals surface area contributed by atoms with Gasteiger partial charge in [-0.05, 0) is 25.3 Å². The van der Waals surface area contributed by atoms with Gasteiger partial charge in [0.25, 0.3) is 11.5 Å². The number of nitrogens with one attached hydrogen (secondary N) is 1. The van der Waals surface area contributed by atoms with Gasteiger partial charge in [-0.3, -0.25) is 9.59 Å². The second-order valence-electron chi connectivity index (χ2n) is 6.87. The molecule has 0 spiro atoms. The van der Waals surface area contributed by atoms with E-state index in [1.54, 1.807) is 13.8 Å². The first-order chi connectivity index (χ1) is 9.99. The Kier molecular flexibility index (Phi) is 5.51. The minimum absolute atomic E-state index is 0.0877. The first-order valence-electron chi connectivity index (χ1n) is 7.49. The van der Waals surface area contributed by atoms with Gasteiger partial charge in [0.05, 0.1) is 11.8 Å². The monoisotopic (exact) mass is 309 g/mol. The van der Waals surface area contributed by atoms with Crippen molar-refractivity contribution in [3.63, 3.8) is 0 Å². The summed E-state index contributed by atoms with van der Waals surface area (Å²) in [6.45, 7) is 11.4. The molecule has 0 aliphatic carbocycles. The van der Waals surface area contributed by atoms with E-state index in [0.717, 1.165) is 0 Å². The van der Waals surface area contributed by atoms with Gasteiger partial charge in [-0.1, -0.05) is 27.7 Å². The Morgan fingerprint density at radius 3 is 2.41 bits per heavy atom. The molecule has 6 nitrogen and oxygen atoms in total. The van der Waals surface area contributed by atoms with E-state index in [-0.39, 0.29) is 18.0 Å². The minimum Gasteiger partial charge on any atom is -0.392 e. The van der Waals surface area contributed by atoms with Crippen molar-refractivity contribution in [1.29, 1.82) is 0 Å². The fraction of sp³-hybridized carbons (Fsp3) is 0.688. The predicted molar refractivity (Wildman–Crippen MR) is 85.9 cm³/mol. The Bertz CT molecular complexity index is 618. The largest absolute Gasteiger partial charge is 0.392 e. The van der Waals surface area contributed by atoms with Crippen LogP contribution in [0.25, 0.3) is 0 Å². The summed E-state index contributed by atoms with van der Waals surface area (Å²) in [5, 5.41) is 17.0. The summed E-state index contributed by atoms with van der Waals surface area (Å²) >= 11 is 0. The molecule has 124 valence electrons. The number of rotatable bonds is 5. The molecule has 0 saturated carbocycles. The van der Waals surface area contributed by atoms with Crippen molar-refractivity contribution in [1.82, 2.24) is 15.1 Å². The van der Waals surface area contributed by atoms with E-state index in [9.17, 15) is 14.7 Å². The van der Waals surface area contributed by atoms with Crippen LogP contribution in [0.2, 0.25) is 0 Å². The third-order valence-electron chi connectivity index (χ3n) is 4.09. The van der Waals surface area contributed by atoms with Crippen molar-refractivity contribution in [2.45, 2.75) is 47.6 Å². The SMILES string of the molecule is Cc1nn(C)c(=O)c(C(=O)NCC(C)(C)C(O)C(C)C)c1C. The third-order valence-corrected chi connectivity index (χ3v) is 4.09. The second kappa shape index (κ2) is 6.60. The molecule has 2 N–H and O–H groups in total. The molecular weight excluding hydrogens is 282 g/mol. The van der Waals surface area contributed by atoms with Crippen molar-refractivity contribution < 1.29 is 9.90 Å². The molecular formula is C16H27N3O3. The Labute approximate surface area is 131 Å². The van der Waals surface area contributed by atoms with Crippen molar-refractivity contribution in [3.05, 3.63) is 27.2 Å². The molecule has 0 fully saturated rings. The number of aryl methyl sites for hydroxylation is 2. The van der Waals surface area contributed by atoms with Crippen molar-refractivity contribution in [3.8, 4) is 0 Å². The standard InChI is InChI=1S/C16H27N3O3/c1-9(2)13(20)16(5,6)8-17-14(21)12-10(3)11(4)18-19(7)15(12)22/h9,13,20H,8H2,1-7H3,(H,17,21). The van der Waals surface area contributed by atoms with Crippen LogP contribution in [0.15, 0.2) is 4.79 Å². The Morgan fingerprint density at radius 2 is 1.91 bits per heavy atom. The van der Waals surface area contributed by atoms with Gasteiger partial charge in [0.15, 0.2) is 0 Å². The zero-order valence-corrected chi connectivity index (χ0v) is 14.5. The fourth-order valence-corrected chi connectivity index (χ4v) is 2.52. The lowest BCUT2D eigenvalue weighted by Gasteiger charge is -2.33. The van der Waals surface area contributed by atoms with Gasteiger partial charge in [-0.15, -0.1) is 0 Å². The smallest absolute Gasteiger partial charge is 0.279 e. The number of aliphatic hydroxyl groups is 1. The van der Waals surface area contributed by atoms with Crippen molar-refractivity contribution in [2.24, 2.45) is 18.4 Å². The lowest BCUT2D eigenvalue weighted by atomic mass is 9.80. The van der Waals surface area contributed by atoms with Crippen LogP contribution < -0.4 is 10.9 Å². The molecule has 0 bridgehead atoms. The number of amides is 1. The van der Waals surface area contributed by atoms with Crippen LogP contribution >= 0.6 is 0 Å². The quantitative estimate of drug-likeness (QED) is 0.855. The van der Waals surface area contributed by atoms with E-state index in [0.29, 0.717) is 11.3 Å². The first kappa shape index (κ1) is 18.4. The normalized spacial score (nSPS) is 13.3. The van der Waals surface area contributed by atoms with E-state index in [1.807, 2.05) is 27.7 Å². The van der Waals surface area contributed by atoms with E-state index in [4.69, 9.17) is 0 Å². The number of hydrogen-bond acceptors (Lipinski definition) is 4. The molecule has 1 heterocycles. The fourth-order valence-electron chi connectivity index (χ4n) is 2.52. The highest BCUT2D eigenvalue weighted by molar-refractivity contribution is 5.95. The number of hydrogen-bond donors (Lipinski definition) is 2. The molecule has 1 aromatic rings. The highest BCUT2D eigenvalue weighted by Crippen LogP contribution is 2.25. The maximum Gasteiger partial charge on any atom is 0.279 e. The van der Waals surface area contributed by atoms with Crippen LogP contribution in [0.3, 0.4) is 0 Å². The van der Waals surface area contributed by atoms with E-state index >= 15 is 0 Å². The maximum absolute atomic E-state index is 12.4. The summed E-state index contributed by atoms with van der Waals surface area (Å²) in [5.74, 6) is -0.336. The average Bonchev–Trinajstić information content (AvgIpc) is 2.42. The second-order valence-corrected chi connectivity index (χ2v) is 6.87. The summed E-state index contributed by atoms with van der Waals surface area (Å²) in [7, 11) is 1.53. The number of aliphatic hydroxyl groups excluding tert-OH is 1. The summed E-state index contributed by atoms with van der Waals surface area (Å²) in [6.07, 6.45) is -0.545. The summed E-state index contributed by atoms with van der Waals surface area (Å²) in [5.41, 5.74) is 0.453. The molecule has 22 heavy (non-hydrogen) atoms. The summed E-state index contributed by atoms with van der Waals surface area (Å²) < 4.78 is 1.17. The Morgan fingerprint density at radius 1 is 1.36 bits per heavy atom. The zero-order valence-electron chi connectivity index (χ0n) is 14.5. The van der Waals surface area contributed by atoms with Crippen LogP contribution in [-0.4, -0.2) is 33.4 Å². The van der Waals surface area contributed by atoms with Gasteiger partial charge in [0.2, 0.25) is 0 Å². The molecule has 0 aliphatic rings. The number of carbonyl (C=O) groups is 1. The third kappa shape index (κ3) is 3.74. The maximum atomic E-state index is 12.4. The molecule has 6 heteroatoms. The predicted octanol–water partition coefficient (Wildman–Crippen LogP) is 1.17. The lowest BCUT2D eigenvalue weighted by Crippen LogP contribution is -2.45. The van der Waals surface area contributed by atoms with Crippen LogP contribution in [0, 0.1) is 25.2 Å². The molecule has 1 aromatic heterocycles. The molecule has 1 rings (SSSR count). The van der Waals surface area contributed by atoms with E-state index in [2.05, 4.69) is 10.4 Å². The molecule has 1 amide bonds. The highest BCUT2D eigenvalue weighted by atomic mass is 16.3. The van der Waals surface area contributed by atoms with Crippen LogP contribution in [0.1, 0.15) is 49.3 Å². The molecule has 1 atom stereocenters. The van der Waals surface area contributed by atoms with E-state index in [1.165, 1.54) is 11.7 Å². The minimum atomic E-state index is -0.545. The lowest BCUT2D eigenvalue weighted by molar-refractivity contribution is 0.0138. The Balaban J connectivity index is 2.99. The van der Waals surface area contributed by atoms with E-state index < -0.39 is 23.0 Å². The molecule has 0 saturated heterocycles. The number of aromatic nitrogens is 2. The van der Waals surface area contributed by atoms with Gasteiger partial charge >= 0.3 is 0 Å².